The molecule has 0 bridgehead atoms. The van der Waals surface area contributed by atoms with Gasteiger partial charge in [-0.2, -0.15) is 0 Å². The van der Waals surface area contributed by atoms with Crippen molar-refractivity contribution in [2.75, 3.05) is 13.1 Å². The number of hydrogen-bond donors (Lipinski definition) is 0. The van der Waals surface area contributed by atoms with Crippen molar-refractivity contribution in [1.29, 1.82) is 0 Å². The molecule has 6 rings (SSSR count). The van der Waals surface area contributed by atoms with Crippen molar-refractivity contribution in [1.82, 2.24) is 29.2 Å². The summed E-state index contributed by atoms with van der Waals surface area (Å²) in [5.74, 6) is 2.55. The van der Waals surface area contributed by atoms with Crippen LogP contribution in [0.25, 0.3) is 16.7 Å². The third-order valence-electron chi connectivity index (χ3n) is 7.06. The van der Waals surface area contributed by atoms with E-state index in [2.05, 4.69) is 30.4 Å². The van der Waals surface area contributed by atoms with Crippen molar-refractivity contribution in [2.45, 2.75) is 51.0 Å². The van der Waals surface area contributed by atoms with E-state index >= 15 is 0 Å². The van der Waals surface area contributed by atoms with E-state index in [-0.39, 0.29) is 11.8 Å². The lowest BCUT2D eigenvalue weighted by Crippen LogP contribution is -2.39. The second-order valence-corrected chi connectivity index (χ2v) is 9.18. The highest BCUT2D eigenvalue weighted by atomic mass is 16.2. The van der Waals surface area contributed by atoms with E-state index in [1.54, 1.807) is 0 Å². The molecule has 1 atom stereocenters. The summed E-state index contributed by atoms with van der Waals surface area (Å²) in [6.07, 6.45) is 8.54. The fraction of sp³-hybridized carbons (Fsp3) is 0.385. The maximum Gasteiger partial charge on any atom is 0.253 e. The van der Waals surface area contributed by atoms with E-state index in [0.717, 1.165) is 66.3 Å². The zero-order valence-electron chi connectivity index (χ0n) is 18.7. The minimum absolute atomic E-state index is 0.0948. The largest absolute Gasteiger partial charge is 0.338 e. The fourth-order valence-electron chi connectivity index (χ4n) is 5.29. The molecule has 0 radical (unpaired) electrons. The molecule has 0 saturated carbocycles. The second kappa shape index (κ2) is 8.46. The van der Waals surface area contributed by atoms with Crippen LogP contribution >= 0.6 is 0 Å². The van der Waals surface area contributed by atoms with Crippen molar-refractivity contribution in [2.24, 2.45) is 0 Å². The number of para-hydroxylation sites is 2. The molecule has 7 heteroatoms. The standard InChI is InChI=1S/C26H28N6O/c33-26(19-11-13-21(14-12-19)32-18-27-22-8-3-4-9-23(22)32)30-15-6-7-20(17-30)25-29-28-24-10-2-1-5-16-31(24)25/h3-4,8-9,11-14,18,20H,1-2,5-7,10,15-17H2. The number of carbonyl (C=O) groups excluding carboxylic acids is 1. The first kappa shape index (κ1) is 20.1. The van der Waals surface area contributed by atoms with E-state index in [4.69, 9.17) is 0 Å². The van der Waals surface area contributed by atoms with Gasteiger partial charge in [0.1, 0.15) is 18.0 Å². The van der Waals surface area contributed by atoms with Gasteiger partial charge in [0.2, 0.25) is 0 Å². The van der Waals surface area contributed by atoms with Crippen LogP contribution in [0.3, 0.4) is 0 Å². The Kier molecular flexibility index (Phi) is 5.17. The SMILES string of the molecule is O=C(c1ccc(-n2cnc3ccccc32)cc1)N1CCCC(c2nnc3n2CCCCC3)C1. The number of rotatable bonds is 3. The lowest BCUT2D eigenvalue weighted by molar-refractivity contribution is 0.0703. The molecule has 168 valence electrons. The number of piperidine rings is 1. The number of nitrogens with zero attached hydrogens (tertiary/aromatic N) is 6. The van der Waals surface area contributed by atoms with Crippen LogP contribution in [-0.2, 0) is 13.0 Å². The van der Waals surface area contributed by atoms with Crippen LogP contribution in [0.5, 0.6) is 0 Å². The number of fused-ring (bicyclic) bond motifs is 2. The number of imidazole rings is 1. The van der Waals surface area contributed by atoms with Crippen LogP contribution in [0.1, 0.15) is 60.0 Å². The molecule has 2 aliphatic heterocycles. The monoisotopic (exact) mass is 440 g/mol. The maximum atomic E-state index is 13.3. The summed E-state index contributed by atoms with van der Waals surface area (Å²) in [5, 5.41) is 9.04. The van der Waals surface area contributed by atoms with Gasteiger partial charge in [0.25, 0.3) is 5.91 Å². The van der Waals surface area contributed by atoms with Crippen LogP contribution in [0.15, 0.2) is 54.9 Å². The number of benzene rings is 2. The summed E-state index contributed by atoms with van der Waals surface area (Å²) in [7, 11) is 0. The van der Waals surface area contributed by atoms with Gasteiger partial charge in [-0.25, -0.2) is 4.98 Å². The highest BCUT2D eigenvalue weighted by Gasteiger charge is 2.30. The third kappa shape index (κ3) is 3.71. The summed E-state index contributed by atoms with van der Waals surface area (Å²) in [6, 6.07) is 15.9. The Morgan fingerprint density at radius 1 is 0.909 bits per heavy atom. The Bertz CT molecular complexity index is 1290. The molecule has 1 saturated heterocycles. The molecular weight excluding hydrogens is 412 g/mol. The summed E-state index contributed by atoms with van der Waals surface area (Å²) >= 11 is 0. The predicted octanol–water partition coefficient (Wildman–Crippen LogP) is 4.36. The number of aromatic nitrogens is 5. The van der Waals surface area contributed by atoms with Crippen molar-refractivity contribution >= 4 is 16.9 Å². The molecule has 2 aliphatic rings. The predicted molar refractivity (Wildman–Crippen MR) is 127 cm³/mol. The van der Waals surface area contributed by atoms with E-state index in [1.807, 2.05) is 53.7 Å². The topological polar surface area (TPSA) is 68.8 Å². The lowest BCUT2D eigenvalue weighted by Gasteiger charge is -2.32. The molecule has 4 heterocycles. The molecule has 0 spiro atoms. The van der Waals surface area contributed by atoms with E-state index in [9.17, 15) is 4.79 Å². The van der Waals surface area contributed by atoms with Crippen LogP contribution < -0.4 is 0 Å². The molecule has 1 amide bonds. The normalized spacial score (nSPS) is 18.8. The average molecular weight is 441 g/mol. The Labute approximate surface area is 193 Å². The van der Waals surface area contributed by atoms with Gasteiger partial charge in [-0.15, -0.1) is 10.2 Å². The Morgan fingerprint density at radius 2 is 1.79 bits per heavy atom. The van der Waals surface area contributed by atoms with Gasteiger partial charge in [-0.3, -0.25) is 9.36 Å². The highest BCUT2D eigenvalue weighted by molar-refractivity contribution is 5.94. The molecule has 1 unspecified atom stereocenters. The molecule has 2 aromatic carbocycles. The smallest absolute Gasteiger partial charge is 0.253 e. The summed E-state index contributed by atoms with van der Waals surface area (Å²) in [6.45, 7) is 2.52. The summed E-state index contributed by atoms with van der Waals surface area (Å²) in [5.41, 5.74) is 3.75. The molecule has 2 aromatic heterocycles. The van der Waals surface area contributed by atoms with Gasteiger partial charge in [-0.1, -0.05) is 18.6 Å². The van der Waals surface area contributed by atoms with Crippen molar-refractivity contribution in [3.63, 3.8) is 0 Å². The molecule has 0 aliphatic carbocycles. The summed E-state index contributed by atoms with van der Waals surface area (Å²) < 4.78 is 4.38. The Hall–Kier alpha value is -3.48. The lowest BCUT2D eigenvalue weighted by atomic mass is 9.96. The average Bonchev–Trinajstić information content (AvgIpc) is 3.41. The maximum absolute atomic E-state index is 13.3. The van der Waals surface area contributed by atoms with Gasteiger partial charge in [0.15, 0.2) is 0 Å². The van der Waals surface area contributed by atoms with E-state index < -0.39 is 0 Å². The first-order chi connectivity index (χ1) is 16.3. The number of likely N-dealkylation sites (tertiary alicyclic amines) is 1. The molecule has 4 aromatic rings. The van der Waals surface area contributed by atoms with Gasteiger partial charge < -0.3 is 9.47 Å². The number of carbonyl (C=O) groups is 1. The van der Waals surface area contributed by atoms with Gasteiger partial charge in [0.05, 0.1) is 11.0 Å². The molecule has 33 heavy (non-hydrogen) atoms. The van der Waals surface area contributed by atoms with E-state index in [0.29, 0.717) is 6.54 Å². The third-order valence-corrected chi connectivity index (χ3v) is 7.06. The Balaban J connectivity index is 1.20. The van der Waals surface area contributed by atoms with Gasteiger partial charge in [-0.05, 0) is 62.1 Å². The van der Waals surface area contributed by atoms with Gasteiger partial charge in [0, 0.05) is 43.2 Å². The van der Waals surface area contributed by atoms with Crippen LogP contribution in [0.2, 0.25) is 0 Å². The zero-order valence-corrected chi connectivity index (χ0v) is 18.7. The van der Waals surface area contributed by atoms with Crippen molar-refractivity contribution < 1.29 is 4.79 Å². The number of hydrogen-bond acceptors (Lipinski definition) is 4. The zero-order chi connectivity index (χ0) is 22.2. The Morgan fingerprint density at radius 3 is 2.70 bits per heavy atom. The van der Waals surface area contributed by atoms with E-state index in [1.165, 1.54) is 19.3 Å². The molecule has 7 nitrogen and oxygen atoms in total. The molecular formula is C26H28N6O. The fourth-order valence-corrected chi connectivity index (χ4v) is 5.29. The number of aryl methyl sites for hydroxylation is 1. The molecule has 1 fully saturated rings. The molecule has 0 N–H and O–H groups in total. The van der Waals surface area contributed by atoms with Gasteiger partial charge >= 0.3 is 0 Å². The minimum Gasteiger partial charge on any atom is -0.338 e. The highest BCUT2D eigenvalue weighted by Crippen LogP contribution is 2.29. The van der Waals surface area contributed by atoms with Crippen LogP contribution in [-0.4, -0.2) is 48.2 Å². The first-order valence-corrected chi connectivity index (χ1v) is 12.0. The second-order valence-electron chi connectivity index (χ2n) is 9.18. The quantitative estimate of drug-likeness (QED) is 0.475. The van der Waals surface area contributed by atoms with Crippen LogP contribution in [0, 0.1) is 0 Å². The first-order valence-electron chi connectivity index (χ1n) is 12.0. The van der Waals surface area contributed by atoms with Crippen molar-refractivity contribution in [3.05, 3.63) is 72.1 Å². The summed E-state index contributed by atoms with van der Waals surface area (Å²) in [4.78, 5) is 19.8. The van der Waals surface area contributed by atoms with Crippen molar-refractivity contribution in [3.8, 4) is 5.69 Å². The number of amides is 1. The van der Waals surface area contributed by atoms with Crippen LogP contribution in [0.4, 0.5) is 0 Å². The minimum atomic E-state index is 0.0948.